The molecule has 124 valence electrons. The third-order valence-electron chi connectivity index (χ3n) is 4.70. The van der Waals surface area contributed by atoms with Gasteiger partial charge in [0.2, 0.25) is 0 Å². The van der Waals surface area contributed by atoms with Crippen LogP contribution in [0.3, 0.4) is 0 Å². The molecule has 2 aromatic rings. The Bertz CT molecular complexity index is 636. The van der Waals surface area contributed by atoms with Crippen molar-refractivity contribution in [2.24, 2.45) is 0 Å². The molecule has 6 heteroatoms. The zero-order valence-corrected chi connectivity index (χ0v) is 14.3. The standard InChI is InChI=1S/C17H26N6/c1-4-23-14(3)16(13(2)21-23)11-18-15-7-6-10-22(12-15)17-8-5-9-19-20-17/h5,8-9,15,18H,4,6-7,10-12H2,1-3H3. The number of aromatic nitrogens is 4. The van der Waals surface area contributed by atoms with E-state index < -0.39 is 0 Å². The monoisotopic (exact) mass is 314 g/mol. The molecule has 1 aliphatic rings. The molecule has 1 N–H and O–H groups in total. The Balaban J connectivity index is 1.61. The van der Waals surface area contributed by atoms with E-state index in [-0.39, 0.29) is 0 Å². The van der Waals surface area contributed by atoms with Gasteiger partial charge in [0, 0.05) is 49.7 Å². The molecule has 3 rings (SSSR count). The summed E-state index contributed by atoms with van der Waals surface area (Å²) in [5.41, 5.74) is 3.75. The van der Waals surface area contributed by atoms with Crippen LogP contribution in [0.4, 0.5) is 5.82 Å². The SMILES string of the molecule is CCn1nc(C)c(CNC2CCCN(c3cccnn3)C2)c1C. The van der Waals surface area contributed by atoms with E-state index >= 15 is 0 Å². The first kappa shape index (κ1) is 15.9. The van der Waals surface area contributed by atoms with Crippen LogP contribution in [0.2, 0.25) is 0 Å². The molecule has 0 bridgehead atoms. The minimum Gasteiger partial charge on any atom is -0.354 e. The van der Waals surface area contributed by atoms with Crippen molar-refractivity contribution in [3.63, 3.8) is 0 Å². The molecule has 0 amide bonds. The van der Waals surface area contributed by atoms with Gasteiger partial charge in [-0.15, -0.1) is 5.10 Å². The van der Waals surface area contributed by atoms with Crippen LogP contribution in [0.15, 0.2) is 18.3 Å². The van der Waals surface area contributed by atoms with E-state index in [1.54, 1.807) is 6.20 Å². The van der Waals surface area contributed by atoms with Gasteiger partial charge in [0.15, 0.2) is 5.82 Å². The fourth-order valence-electron chi connectivity index (χ4n) is 3.36. The molecule has 23 heavy (non-hydrogen) atoms. The highest BCUT2D eigenvalue weighted by atomic mass is 15.3. The lowest BCUT2D eigenvalue weighted by molar-refractivity contribution is 0.418. The average Bonchev–Trinajstić information content (AvgIpc) is 2.87. The molecular weight excluding hydrogens is 288 g/mol. The fourth-order valence-corrected chi connectivity index (χ4v) is 3.36. The number of hydrogen-bond acceptors (Lipinski definition) is 5. The number of rotatable bonds is 5. The van der Waals surface area contributed by atoms with Crippen LogP contribution in [0.25, 0.3) is 0 Å². The van der Waals surface area contributed by atoms with Gasteiger partial charge < -0.3 is 10.2 Å². The van der Waals surface area contributed by atoms with Crippen LogP contribution in [0, 0.1) is 13.8 Å². The second-order valence-electron chi connectivity index (χ2n) is 6.21. The summed E-state index contributed by atoms with van der Waals surface area (Å²) in [6.07, 6.45) is 4.11. The van der Waals surface area contributed by atoms with Crippen LogP contribution in [0.1, 0.15) is 36.7 Å². The molecule has 1 atom stereocenters. The molecule has 2 aromatic heterocycles. The first-order chi connectivity index (χ1) is 11.2. The highest BCUT2D eigenvalue weighted by Crippen LogP contribution is 2.18. The molecular formula is C17H26N6. The van der Waals surface area contributed by atoms with Crippen molar-refractivity contribution in [3.05, 3.63) is 35.3 Å². The summed E-state index contributed by atoms with van der Waals surface area (Å²) < 4.78 is 2.08. The quantitative estimate of drug-likeness (QED) is 0.915. The van der Waals surface area contributed by atoms with Crippen LogP contribution in [-0.4, -0.2) is 39.1 Å². The minimum absolute atomic E-state index is 0.481. The molecule has 0 aliphatic carbocycles. The molecule has 1 fully saturated rings. The highest BCUT2D eigenvalue weighted by Gasteiger charge is 2.21. The average molecular weight is 314 g/mol. The Hall–Kier alpha value is -1.95. The molecule has 0 radical (unpaired) electrons. The van der Waals surface area contributed by atoms with E-state index in [9.17, 15) is 0 Å². The zero-order chi connectivity index (χ0) is 16.2. The molecule has 0 spiro atoms. The smallest absolute Gasteiger partial charge is 0.151 e. The van der Waals surface area contributed by atoms with Crippen molar-refractivity contribution < 1.29 is 0 Å². The van der Waals surface area contributed by atoms with Crippen molar-refractivity contribution >= 4 is 5.82 Å². The summed E-state index contributed by atoms with van der Waals surface area (Å²) in [5.74, 6) is 0.977. The first-order valence-corrected chi connectivity index (χ1v) is 8.48. The second-order valence-corrected chi connectivity index (χ2v) is 6.21. The predicted octanol–water partition coefficient (Wildman–Crippen LogP) is 2.07. The Kier molecular flexibility index (Phi) is 4.91. The van der Waals surface area contributed by atoms with E-state index in [0.29, 0.717) is 6.04 Å². The lowest BCUT2D eigenvalue weighted by Gasteiger charge is -2.33. The molecule has 3 heterocycles. The van der Waals surface area contributed by atoms with Crippen LogP contribution in [0.5, 0.6) is 0 Å². The van der Waals surface area contributed by atoms with Crippen molar-refractivity contribution in [2.45, 2.75) is 52.7 Å². The fraction of sp³-hybridized carbons (Fsp3) is 0.588. The number of nitrogens with one attached hydrogen (secondary N) is 1. The minimum atomic E-state index is 0.481. The number of hydrogen-bond donors (Lipinski definition) is 1. The predicted molar refractivity (Wildman–Crippen MR) is 91.5 cm³/mol. The van der Waals surface area contributed by atoms with Gasteiger partial charge in [-0.1, -0.05) is 0 Å². The summed E-state index contributed by atoms with van der Waals surface area (Å²) in [4.78, 5) is 2.32. The maximum atomic E-state index is 4.60. The lowest BCUT2D eigenvalue weighted by atomic mass is 10.0. The summed E-state index contributed by atoms with van der Waals surface area (Å²) >= 11 is 0. The van der Waals surface area contributed by atoms with E-state index in [4.69, 9.17) is 0 Å². The van der Waals surface area contributed by atoms with Crippen LogP contribution < -0.4 is 10.2 Å². The van der Waals surface area contributed by atoms with Gasteiger partial charge in [0.1, 0.15) is 0 Å². The molecule has 0 aromatic carbocycles. The molecule has 1 saturated heterocycles. The first-order valence-electron chi connectivity index (χ1n) is 8.48. The van der Waals surface area contributed by atoms with Gasteiger partial charge in [-0.2, -0.15) is 10.2 Å². The van der Waals surface area contributed by atoms with Crippen molar-refractivity contribution in [1.29, 1.82) is 0 Å². The van der Waals surface area contributed by atoms with E-state index in [1.807, 2.05) is 12.1 Å². The summed E-state index contributed by atoms with van der Waals surface area (Å²) in [7, 11) is 0. The molecule has 0 saturated carbocycles. The number of aryl methyl sites for hydroxylation is 2. The second kappa shape index (κ2) is 7.08. The Labute approximate surface area is 137 Å². The number of piperidine rings is 1. The van der Waals surface area contributed by atoms with Gasteiger partial charge in [-0.05, 0) is 45.7 Å². The molecule has 1 aliphatic heterocycles. The summed E-state index contributed by atoms with van der Waals surface area (Å²) in [5, 5.41) is 16.5. The Morgan fingerprint density at radius 3 is 2.91 bits per heavy atom. The normalized spacial score (nSPS) is 18.4. The highest BCUT2D eigenvalue weighted by molar-refractivity contribution is 5.37. The van der Waals surface area contributed by atoms with Crippen molar-refractivity contribution in [2.75, 3.05) is 18.0 Å². The summed E-state index contributed by atoms with van der Waals surface area (Å²) in [6, 6.07) is 4.47. The number of anilines is 1. The van der Waals surface area contributed by atoms with Gasteiger partial charge >= 0.3 is 0 Å². The summed E-state index contributed by atoms with van der Waals surface area (Å²) in [6.45, 7) is 10.3. The Morgan fingerprint density at radius 2 is 2.22 bits per heavy atom. The third kappa shape index (κ3) is 3.52. The van der Waals surface area contributed by atoms with E-state index in [0.717, 1.165) is 37.7 Å². The van der Waals surface area contributed by atoms with Gasteiger partial charge in [0.05, 0.1) is 5.69 Å². The Morgan fingerprint density at radius 1 is 1.35 bits per heavy atom. The van der Waals surface area contributed by atoms with E-state index in [1.165, 1.54) is 24.1 Å². The molecule has 6 nitrogen and oxygen atoms in total. The topological polar surface area (TPSA) is 58.9 Å². The van der Waals surface area contributed by atoms with Gasteiger partial charge in [-0.25, -0.2) is 0 Å². The van der Waals surface area contributed by atoms with Crippen molar-refractivity contribution in [3.8, 4) is 0 Å². The number of nitrogens with zero attached hydrogens (tertiary/aromatic N) is 5. The maximum absolute atomic E-state index is 4.60. The third-order valence-corrected chi connectivity index (χ3v) is 4.70. The lowest BCUT2D eigenvalue weighted by Crippen LogP contribution is -2.46. The van der Waals surface area contributed by atoms with Crippen LogP contribution >= 0.6 is 0 Å². The van der Waals surface area contributed by atoms with Gasteiger partial charge in [-0.3, -0.25) is 4.68 Å². The van der Waals surface area contributed by atoms with E-state index in [2.05, 4.69) is 51.0 Å². The van der Waals surface area contributed by atoms with Crippen LogP contribution in [-0.2, 0) is 13.1 Å². The zero-order valence-electron chi connectivity index (χ0n) is 14.3. The molecule has 1 unspecified atom stereocenters. The van der Waals surface area contributed by atoms with Crippen molar-refractivity contribution in [1.82, 2.24) is 25.3 Å². The maximum Gasteiger partial charge on any atom is 0.151 e. The van der Waals surface area contributed by atoms with Gasteiger partial charge in [0.25, 0.3) is 0 Å². The largest absolute Gasteiger partial charge is 0.354 e.